The molecule has 0 bridgehead atoms. The average Bonchev–Trinajstić information content (AvgIpc) is 2.06. The molecule has 1 rings (SSSR count). The fourth-order valence-corrected chi connectivity index (χ4v) is 2.64. The van der Waals surface area contributed by atoms with Crippen LogP contribution >= 0.6 is 0 Å². The van der Waals surface area contributed by atoms with Gasteiger partial charge in [-0.25, -0.2) is 0 Å². The molecule has 1 N–H and O–H groups in total. The standard InChI is InChI=1S/C10H11AsO3/c1-7(12)11-9-4-2-8(3-5-9)6-10(13)14/h2-5,11H,6H2,1H3,(H,13,14). The third-order valence-electron chi connectivity index (χ3n) is 1.63. The summed E-state index contributed by atoms with van der Waals surface area (Å²) in [5, 5.41) is 8.54. The first kappa shape index (κ1) is 11.0. The molecule has 1 atom stereocenters. The van der Waals surface area contributed by atoms with E-state index in [4.69, 9.17) is 5.11 Å². The first-order chi connectivity index (χ1) is 6.58. The van der Waals surface area contributed by atoms with Gasteiger partial charge in [0.2, 0.25) is 0 Å². The van der Waals surface area contributed by atoms with Crippen molar-refractivity contribution in [2.45, 2.75) is 13.3 Å². The first-order valence-electron chi connectivity index (χ1n) is 4.16. The zero-order chi connectivity index (χ0) is 10.6. The maximum absolute atomic E-state index is 10.8. The van der Waals surface area contributed by atoms with Crippen LogP contribution < -0.4 is 4.35 Å². The van der Waals surface area contributed by atoms with Crippen molar-refractivity contribution in [3.63, 3.8) is 0 Å². The Kier molecular flexibility index (Phi) is 3.90. The molecule has 0 heterocycles. The first-order valence-corrected chi connectivity index (χ1v) is 6.26. The van der Waals surface area contributed by atoms with Gasteiger partial charge in [-0.05, 0) is 0 Å². The quantitative estimate of drug-likeness (QED) is 0.765. The summed E-state index contributed by atoms with van der Waals surface area (Å²) in [6.07, 6.45) is 0.0420. The Balaban J connectivity index is 2.68. The fourth-order valence-electron chi connectivity index (χ4n) is 1.08. The van der Waals surface area contributed by atoms with Crippen molar-refractivity contribution in [3.05, 3.63) is 29.8 Å². The van der Waals surface area contributed by atoms with Crippen molar-refractivity contribution in [2.75, 3.05) is 0 Å². The van der Waals surface area contributed by atoms with E-state index in [1.807, 2.05) is 12.1 Å². The number of carboxylic acids is 1. The van der Waals surface area contributed by atoms with E-state index in [0.29, 0.717) is 0 Å². The molecule has 74 valence electrons. The second-order valence-corrected chi connectivity index (χ2v) is 6.16. The maximum atomic E-state index is 10.8. The van der Waals surface area contributed by atoms with Crippen LogP contribution in [0.4, 0.5) is 0 Å². The molecule has 0 aliphatic carbocycles. The number of aliphatic carboxylic acids is 1. The Morgan fingerprint density at radius 3 is 2.29 bits per heavy atom. The van der Waals surface area contributed by atoms with Crippen LogP contribution in [-0.2, 0) is 16.0 Å². The van der Waals surface area contributed by atoms with Crippen molar-refractivity contribution in [3.8, 4) is 0 Å². The Labute approximate surface area is 88.8 Å². The third-order valence-corrected chi connectivity index (χ3v) is 3.67. The molecule has 0 aliphatic heterocycles. The van der Waals surface area contributed by atoms with Gasteiger partial charge in [0.05, 0.1) is 0 Å². The molecule has 0 aromatic heterocycles. The summed E-state index contributed by atoms with van der Waals surface area (Å²) in [6.45, 7) is 1.59. The number of hydrogen-bond acceptors (Lipinski definition) is 2. The van der Waals surface area contributed by atoms with E-state index in [9.17, 15) is 9.59 Å². The van der Waals surface area contributed by atoms with E-state index < -0.39 is 21.7 Å². The van der Waals surface area contributed by atoms with Crippen LogP contribution in [-0.4, -0.2) is 31.4 Å². The summed E-state index contributed by atoms with van der Waals surface area (Å²) in [5.74, 6) is -0.833. The molecule has 0 spiro atoms. The van der Waals surface area contributed by atoms with Crippen molar-refractivity contribution in [2.24, 2.45) is 0 Å². The summed E-state index contributed by atoms with van der Waals surface area (Å²) in [7, 11) is 0. The topological polar surface area (TPSA) is 54.4 Å². The van der Waals surface area contributed by atoms with Crippen molar-refractivity contribution in [1.82, 2.24) is 0 Å². The molecule has 1 aromatic rings. The van der Waals surface area contributed by atoms with Crippen molar-refractivity contribution < 1.29 is 14.7 Å². The van der Waals surface area contributed by atoms with E-state index in [2.05, 4.69) is 0 Å². The minimum absolute atomic E-state index is 0.0420. The zero-order valence-electron chi connectivity index (χ0n) is 7.78. The van der Waals surface area contributed by atoms with Crippen LogP contribution in [0.3, 0.4) is 0 Å². The third kappa shape index (κ3) is 3.75. The Morgan fingerprint density at radius 2 is 1.86 bits per heavy atom. The fraction of sp³-hybridized carbons (Fsp3) is 0.200. The molecule has 1 aromatic carbocycles. The second-order valence-electron chi connectivity index (χ2n) is 2.95. The van der Waals surface area contributed by atoms with Crippen molar-refractivity contribution >= 4 is 30.6 Å². The summed E-state index contributed by atoms with van der Waals surface area (Å²) in [5.41, 5.74) is 0.774. The van der Waals surface area contributed by atoms with Crippen LogP contribution in [0.15, 0.2) is 24.3 Å². The number of hydrogen-bond donors (Lipinski definition) is 1. The molecule has 0 saturated carbocycles. The van der Waals surface area contributed by atoms with Crippen LogP contribution in [0.2, 0.25) is 0 Å². The van der Waals surface area contributed by atoms with Crippen LogP contribution in [0.1, 0.15) is 12.5 Å². The number of carbonyl (C=O) groups excluding carboxylic acids is 1. The molecule has 0 radical (unpaired) electrons. The molecule has 1 unspecified atom stereocenters. The Bertz CT molecular complexity index is 308. The molecule has 3 nitrogen and oxygen atoms in total. The molecule has 0 fully saturated rings. The van der Waals surface area contributed by atoms with Gasteiger partial charge in [0.15, 0.2) is 0 Å². The molecule has 0 saturated heterocycles. The summed E-state index contributed by atoms with van der Waals surface area (Å²) >= 11 is -0.684. The van der Waals surface area contributed by atoms with Crippen LogP contribution in [0.5, 0.6) is 0 Å². The molecule has 0 aliphatic rings. The van der Waals surface area contributed by atoms with Crippen LogP contribution in [0, 0.1) is 0 Å². The van der Waals surface area contributed by atoms with E-state index in [1.54, 1.807) is 19.1 Å². The summed E-state index contributed by atoms with van der Waals surface area (Å²) in [4.78, 5) is 21.2. The number of carboxylic acid groups (broad SMARTS) is 1. The van der Waals surface area contributed by atoms with E-state index in [1.165, 1.54) is 0 Å². The molecular formula is C10H11AsO3. The van der Waals surface area contributed by atoms with Crippen LogP contribution in [0.25, 0.3) is 0 Å². The second kappa shape index (κ2) is 4.96. The molecule has 14 heavy (non-hydrogen) atoms. The van der Waals surface area contributed by atoms with Gasteiger partial charge < -0.3 is 0 Å². The van der Waals surface area contributed by atoms with Gasteiger partial charge in [-0.2, -0.15) is 0 Å². The predicted molar refractivity (Wildman–Crippen MR) is 55.2 cm³/mol. The number of benzene rings is 1. The molecule has 0 amide bonds. The van der Waals surface area contributed by atoms with Gasteiger partial charge >= 0.3 is 88.5 Å². The molecular weight excluding hydrogens is 243 g/mol. The normalized spacial score (nSPS) is 10.6. The number of rotatable bonds is 4. The Morgan fingerprint density at radius 1 is 1.29 bits per heavy atom. The van der Waals surface area contributed by atoms with E-state index in [-0.39, 0.29) is 11.0 Å². The monoisotopic (exact) mass is 254 g/mol. The number of carbonyl (C=O) groups is 2. The summed E-state index contributed by atoms with van der Waals surface area (Å²) < 4.78 is 1.28. The van der Waals surface area contributed by atoms with E-state index >= 15 is 0 Å². The van der Waals surface area contributed by atoms with Crippen molar-refractivity contribution in [1.29, 1.82) is 0 Å². The average molecular weight is 254 g/mol. The van der Waals surface area contributed by atoms with Gasteiger partial charge in [0.1, 0.15) is 0 Å². The predicted octanol–water partition coefficient (Wildman–Crippen LogP) is -0.0780. The minimum atomic E-state index is -0.833. The zero-order valence-corrected chi connectivity index (χ0v) is 9.88. The van der Waals surface area contributed by atoms with Gasteiger partial charge in [-0.1, -0.05) is 0 Å². The molecule has 4 heteroatoms. The Hall–Kier alpha value is -1.08. The van der Waals surface area contributed by atoms with Gasteiger partial charge in [0, 0.05) is 0 Å². The summed E-state index contributed by atoms with van der Waals surface area (Å²) in [6, 6.07) is 7.24. The van der Waals surface area contributed by atoms with Gasteiger partial charge in [-0.3, -0.25) is 0 Å². The SMILES string of the molecule is CC(=O)[AsH]c1ccc(CC(=O)O)cc1. The van der Waals surface area contributed by atoms with E-state index in [0.717, 1.165) is 9.91 Å². The van der Waals surface area contributed by atoms with Gasteiger partial charge in [-0.15, -0.1) is 0 Å². The van der Waals surface area contributed by atoms with Gasteiger partial charge in [0.25, 0.3) is 0 Å².